The van der Waals surface area contributed by atoms with E-state index in [1.807, 2.05) is 18.2 Å². The number of hydrazine groups is 1. The molecule has 3 aromatic rings. The molecule has 0 saturated carbocycles. The van der Waals surface area contributed by atoms with Gasteiger partial charge in [-0.05, 0) is 31.2 Å². The van der Waals surface area contributed by atoms with Crippen molar-refractivity contribution in [3.05, 3.63) is 82.0 Å². The highest BCUT2D eigenvalue weighted by molar-refractivity contribution is 5.97. The Bertz CT molecular complexity index is 962. The molecule has 0 unspecified atom stereocenters. The maximum absolute atomic E-state index is 12.2. The van der Waals surface area contributed by atoms with Gasteiger partial charge in [-0.1, -0.05) is 18.2 Å². The van der Waals surface area contributed by atoms with Crippen LogP contribution in [0.25, 0.3) is 5.69 Å². The van der Waals surface area contributed by atoms with Crippen LogP contribution in [0.4, 0.5) is 0 Å². The van der Waals surface area contributed by atoms with Crippen LogP contribution in [0.5, 0.6) is 0 Å². The molecule has 2 amide bonds. The fraction of sp³-hybridized carbons (Fsp3) is 0.0588. The van der Waals surface area contributed by atoms with Crippen LogP contribution in [0.2, 0.25) is 0 Å². The number of carbonyl (C=O) groups excluding carboxylic acids is 2. The van der Waals surface area contributed by atoms with E-state index in [1.54, 1.807) is 37.4 Å². The van der Waals surface area contributed by atoms with Crippen LogP contribution in [0, 0.1) is 6.92 Å². The lowest BCUT2D eigenvalue weighted by molar-refractivity contribution is 0.0840. The summed E-state index contributed by atoms with van der Waals surface area (Å²) in [6, 6.07) is 13.6. The zero-order valence-corrected chi connectivity index (χ0v) is 13.3. The zero-order chi connectivity index (χ0) is 17.8. The summed E-state index contributed by atoms with van der Waals surface area (Å²) >= 11 is 0. The highest BCUT2D eigenvalue weighted by Gasteiger charge is 2.16. The van der Waals surface area contributed by atoms with Gasteiger partial charge in [-0.3, -0.25) is 25.2 Å². The van der Waals surface area contributed by atoms with Crippen molar-refractivity contribution in [1.82, 2.24) is 25.6 Å². The number of aromatic amines is 1. The predicted octanol–water partition coefficient (Wildman–Crippen LogP) is 0.944. The number of hydrogen-bond donors (Lipinski definition) is 3. The minimum Gasteiger partial charge on any atom is -0.357 e. The van der Waals surface area contributed by atoms with Crippen molar-refractivity contribution in [2.24, 2.45) is 0 Å². The molecule has 0 fully saturated rings. The van der Waals surface area contributed by atoms with E-state index in [0.29, 0.717) is 11.4 Å². The summed E-state index contributed by atoms with van der Waals surface area (Å²) in [7, 11) is 0. The average molecular weight is 337 g/mol. The molecule has 0 spiro atoms. The number of benzene rings is 1. The summed E-state index contributed by atoms with van der Waals surface area (Å²) in [6.45, 7) is 1.72. The number of carbonyl (C=O) groups is 2. The number of H-pyrrole nitrogens is 1. The van der Waals surface area contributed by atoms with E-state index in [1.165, 1.54) is 10.7 Å². The second-order valence-corrected chi connectivity index (χ2v) is 5.24. The number of aryl methyl sites for hydroxylation is 1. The topological polar surface area (TPSA) is 109 Å². The number of hydrogen-bond acceptors (Lipinski definition) is 4. The fourth-order valence-electron chi connectivity index (χ4n) is 2.25. The Labute approximate surface area is 142 Å². The van der Waals surface area contributed by atoms with Gasteiger partial charge in [0, 0.05) is 18.0 Å². The normalized spacial score (nSPS) is 10.3. The first-order chi connectivity index (χ1) is 12.1. The van der Waals surface area contributed by atoms with Gasteiger partial charge < -0.3 is 4.98 Å². The van der Waals surface area contributed by atoms with Crippen LogP contribution in [-0.4, -0.2) is 26.6 Å². The lowest BCUT2D eigenvalue weighted by atomic mass is 10.3. The van der Waals surface area contributed by atoms with Crippen molar-refractivity contribution in [2.75, 3.05) is 0 Å². The number of rotatable bonds is 3. The molecule has 8 nitrogen and oxygen atoms in total. The van der Waals surface area contributed by atoms with Crippen molar-refractivity contribution < 1.29 is 9.59 Å². The van der Waals surface area contributed by atoms with E-state index in [2.05, 4.69) is 20.9 Å². The lowest BCUT2D eigenvalue weighted by Gasteiger charge is -2.11. The Balaban J connectivity index is 1.83. The van der Waals surface area contributed by atoms with Gasteiger partial charge in [0.2, 0.25) is 5.43 Å². The molecule has 0 bridgehead atoms. The maximum Gasteiger partial charge on any atom is 0.294 e. The minimum absolute atomic E-state index is 0.277. The summed E-state index contributed by atoms with van der Waals surface area (Å²) < 4.78 is 1.49. The van der Waals surface area contributed by atoms with E-state index in [9.17, 15) is 14.4 Å². The molecule has 3 rings (SSSR count). The molecule has 126 valence electrons. The van der Waals surface area contributed by atoms with Crippen LogP contribution in [0.3, 0.4) is 0 Å². The van der Waals surface area contributed by atoms with Gasteiger partial charge in [0.15, 0.2) is 5.69 Å². The van der Waals surface area contributed by atoms with Gasteiger partial charge in [0.25, 0.3) is 11.8 Å². The van der Waals surface area contributed by atoms with Crippen molar-refractivity contribution >= 4 is 11.8 Å². The van der Waals surface area contributed by atoms with Crippen molar-refractivity contribution in [3.8, 4) is 5.69 Å². The highest BCUT2D eigenvalue weighted by atomic mass is 16.2. The lowest BCUT2D eigenvalue weighted by Crippen LogP contribution is -2.44. The Morgan fingerprint density at radius 3 is 2.44 bits per heavy atom. The van der Waals surface area contributed by atoms with E-state index in [4.69, 9.17) is 0 Å². The molecule has 3 N–H and O–H groups in total. The van der Waals surface area contributed by atoms with Gasteiger partial charge in [-0.2, -0.15) is 5.10 Å². The Morgan fingerprint density at radius 1 is 1.04 bits per heavy atom. The molecule has 0 atom stereocenters. The van der Waals surface area contributed by atoms with E-state index in [0.717, 1.165) is 0 Å². The highest BCUT2D eigenvalue weighted by Crippen LogP contribution is 2.07. The van der Waals surface area contributed by atoms with Crippen LogP contribution >= 0.6 is 0 Å². The van der Waals surface area contributed by atoms with Crippen LogP contribution in [0.1, 0.15) is 26.7 Å². The average Bonchev–Trinajstić information content (AvgIpc) is 3.15. The van der Waals surface area contributed by atoms with Gasteiger partial charge in [0.1, 0.15) is 5.69 Å². The third-order valence-corrected chi connectivity index (χ3v) is 3.46. The molecule has 0 aliphatic rings. The molecule has 0 aliphatic heterocycles. The molecule has 1 aromatic carbocycles. The van der Waals surface area contributed by atoms with Gasteiger partial charge in [-0.25, -0.2) is 4.68 Å². The number of aromatic nitrogens is 3. The Morgan fingerprint density at radius 2 is 1.76 bits per heavy atom. The molecular formula is C17H15N5O3. The third kappa shape index (κ3) is 3.47. The molecule has 0 radical (unpaired) electrons. The van der Waals surface area contributed by atoms with Gasteiger partial charge >= 0.3 is 0 Å². The van der Waals surface area contributed by atoms with Crippen molar-refractivity contribution in [2.45, 2.75) is 6.92 Å². The molecule has 2 aromatic heterocycles. The molecular weight excluding hydrogens is 322 g/mol. The first-order valence-corrected chi connectivity index (χ1v) is 7.47. The van der Waals surface area contributed by atoms with Gasteiger partial charge in [-0.15, -0.1) is 0 Å². The number of nitrogens with one attached hydrogen (secondary N) is 3. The monoisotopic (exact) mass is 337 g/mol. The van der Waals surface area contributed by atoms with Crippen LogP contribution in [-0.2, 0) is 0 Å². The Hall–Kier alpha value is -3.68. The standard InChI is InChI=1S/C17H15N5O3/c1-11-10-14(23)15(21-22(11)12-6-3-2-4-7-12)17(25)20-19-16(24)13-8-5-9-18-13/h2-10,18H,1H3,(H,19,24)(H,20,25). The van der Waals surface area contributed by atoms with E-state index in [-0.39, 0.29) is 11.4 Å². The second-order valence-electron chi connectivity index (χ2n) is 5.24. The number of nitrogens with zero attached hydrogens (tertiary/aromatic N) is 2. The van der Waals surface area contributed by atoms with Crippen molar-refractivity contribution in [1.29, 1.82) is 0 Å². The minimum atomic E-state index is -0.797. The molecule has 2 heterocycles. The quantitative estimate of drug-likeness (QED) is 0.618. The molecule has 25 heavy (non-hydrogen) atoms. The first kappa shape index (κ1) is 16.2. The van der Waals surface area contributed by atoms with Gasteiger partial charge in [0.05, 0.1) is 5.69 Å². The summed E-state index contributed by atoms with van der Waals surface area (Å²) in [4.78, 5) is 38.8. The molecule has 0 saturated heterocycles. The second kappa shape index (κ2) is 6.83. The summed E-state index contributed by atoms with van der Waals surface area (Å²) in [5.74, 6) is -1.33. The summed E-state index contributed by atoms with van der Waals surface area (Å²) in [6.07, 6.45) is 1.58. The van der Waals surface area contributed by atoms with Crippen LogP contribution in [0.15, 0.2) is 59.5 Å². The predicted molar refractivity (Wildman–Crippen MR) is 90.3 cm³/mol. The smallest absolute Gasteiger partial charge is 0.294 e. The number of amides is 2. The maximum atomic E-state index is 12.2. The fourth-order valence-corrected chi connectivity index (χ4v) is 2.25. The largest absolute Gasteiger partial charge is 0.357 e. The molecule has 0 aliphatic carbocycles. The van der Waals surface area contributed by atoms with Crippen LogP contribution < -0.4 is 16.3 Å². The summed E-state index contributed by atoms with van der Waals surface area (Å²) in [5, 5.41) is 4.12. The Kier molecular flexibility index (Phi) is 4.42. The third-order valence-electron chi connectivity index (χ3n) is 3.46. The number of para-hydroxylation sites is 1. The molecule has 8 heteroatoms. The van der Waals surface area contributed by atoms with E-state index >= 15 is 0 Å². The zero-order valence-electron chi connectivity index (χ0n) is 13.3. The van der Waals surface area contributed by atoms with E-state index < -0.39 is 17.2 Å². The summed E-state index contributed by atoms with van der Waals surface area (Å²) in [5.41, 5.74) is 5.14. The van der Waals surface area contributed by atoms with Crippen molar-refractivity contribution in [3.63, 3.8) is 0 Å². The first-order valence-electron chi connectivity index (χ1n) is 7.47. The SMILES string of the molecule is Cc1cc(=O)c(C(=O)NNC(=O)c2ccc[nH]2)nn1-c1ccccc1.